The Morgan fingerprint density at radius 3 is 2.04 bits per heavy atom. The monoisotopic (exact) mass is 332 g/mol. The van der Waals surface area contributed by atoms with E-state index < -0.39 is 0 Å². The molecule has 2 nitrogen and oxygen atoms in total. The first-order chi connectivity index (χ1) is 12.0. The fraction of sp³-hybridized carbons (Fsp3) is 0.0870. The summed E-state index contributed by atoms with van der Waals surface area (Å²) in [5.74, 6) is -0.347. The number of methoxy groups -OCH3 is 1. The van der Waals surface area contributed by atoms with Gasteiger partial charge in [0.05, 0.1) is 7.11 Å². The van der Waals surface area contributed by atoms with Gasteiger partial charge >= 0.3 is 5.97 Å². The summed E-state index contributed by atoms with van der Waals surface area (Å²) in [6.07, 6.45) is 7.95. The molecule has 0 saturated carbocycles. The maximum Gasteiger partial charge on any atom is 0.332 e. The van der Waals surface area contributed by atoms with E-state index in [-0.39, 0.29) is 5.97 Å². The Kier molecular flexibility index (Phi) is 8.45. The number of rotatable bonds is 5. The first-order valence-electron chi connectivity index (χ1n) is 7.88. The number of hydrogen-bond acceptors (Lipinski definition) is 2. The topological polar surface area (TPSA) is 26.3 Å². The Morgan fingerprint density at radius 1 is 0.920 bits per heavy atom. The van der Waals surface area contributed by atoms with Gasteiger partial charge in [0.15, 0.2) is 0 Å². The molecule has 25 heavy (non-hydrogen) atoms. The minimum Gasteiger partial charge on any atom is -0.466 e. The molecule has 0 spiro atoms. The van der Waals surface area contributed by atoms with Crippen LogP contribution in [0.4, 0.5) is 0 Å². The normalized spacial score (nSPS) is 9.68. The Morgan fingerprint density at radius 2 is 1.56 bits per heavy atom. The minimum atomic E-state index is -0.347. The van der Waals surface area contributed by atoms with Crippen molar-refractivity contribution in [1.29, 1.82) is 0 Å². The van der Waals surface area contributed by atoms with Gasteiger partial charge in [-0.25, -0.2) is 4.79 Å². The van der Waals surface area contributed by atoms with E-state index >= 15 is 0 Å². The van der Waals surface area contributed by atoms with E-state index in [0.717, 1.165) is 16.7 Å². The zero-order valence-electron chi connectivity index (χ0n) is 14.9. The van der Waals surface area contributed by atoms with Crippen LogP contribution in [0.3, 0.4) is 0 Å². The third kappa shape index (κ3) is 6.48. The van der Waals surface area contributed by atoms with Crippen LogP contribution in [0, 0.1) is 0 Å². The summed E-state index contributed by atoms with van der Waals surface area (Å²) < 4.78 is 4.27. The highest BCUT2D eigenvalue weighted by molar-refractivity contribution is 5.86. The zero-order valence-corrected chi connectivity index (χ0v) is 14.9. The van der Waals surface area contributed by atoms with E-state index in [1.807, 2.05) is 42.5 Å². The average molecular weight is 332 g/mol. The van der Waals surface area contributed by atoms with Gasteiger partial charge in [0.1, 0.15) is 0 Å². The van der Waals surface area contributed by atoms with Crippen LogP contribution in [-0.4, -0.2) is 13.1 Å². The summed E-state index contributed by atoms with van der Waals surface area (Å²) in [5.41, 5.74) is 5.02. The maximum atomic E-state index is 10.2. The Bertz CT molecular complexity index is 768. The van der Waals surface area contributed by atoms with Crippen LogP contribution in [0.15, 0.2) is 73.8 Å². The highest BCUT2D eigenvalue weighted by Crippen LogP contribution is 2.19. The van der Waals surface area contributed by atoms with Crippen LogP contribution < -0.4 is 0 Å². The van der Waals surface area contributed by atoms with Crippen LogP contribution in [0.25, 0.3) is 24.3 Å². The van der Waals surface area contributed by atoms with Crippen molar-refractivity contribution >= 4 is 30.3 Å². The van der Waals surface area contributed by atoms with E-state index in [4.69, 9.17) is 0 Å². The van der Waals surface area contributed by atoms with Gasteiger partial charge in [-0.1, -0.05) is 92.6 Å². The lowest BCUT2D eigenvalue weighted by molar-refractivity contribution is -0.136. The quantitative estimate of drug-likeness (QED) is 0.388. The smallest absolute Gasteiger partial charge is 0.332 e. The summed E-state index contributed by atoms with van der Waals surface area (Å²) in [4.78, 5) is 10.2. The van der Waals surface area contributed by atoms with Crippen LogP contribution in [0.5, 0.6) is 0 Å². The fourth-order valence-electron chi connectivity index (χ4n) is 2.09. The molecule has 0 bridgehead atoms. The first-order valence-corrected chi connectivity index (χ1v) is 7.88. The number of ether oxygens (including phenoxy) is 1. The largest absolute Gasteiger partial charge is 0.466 e. The lowest BCUT2D eigenvalue weighted by Crippen LogP contribution is -1.98. The molecule has 0 heterocycles. The van der Waals surface area contributed by atoms with Crippen molar-refractivity contribution < 1.29 is 9.53 Å². The van der Waals surface area contributed by atoms with E-state index in [9.17, 15) is 4.79 Å². The number of hydrogen-bond donors (Lipinski definition) is 0. The predicted octanol–water partition coefficient (Wildman–Crippen LogP) is 5.88. The number of carbonyl (C=O) groups excluding carboxylic acids is 1. The third-order valence-electron chi connectivity index (χ3n) is 3.39. The van der Waals surface area contributed by atoms with Crippen LogP contribution in [0.2, 0.25) is 0 Å². The van der Waals surface area contributed by atoms with E-state index in [0.29, 0.717) is 5.57 Å². The molecule has 0 fully saturated rings. The first kappa shape index (κ1) is 19.9. The summed E-state index contributed by atoms with van der Waals surface area (Å²) in [5, 5.41) is 0. The van der Waals surface area contributed by atoms with E-state index in [1.54, 1.807) is 6.92 Å². The lowest BCUT2D eigenvalue weighted by atomic mass is 10.00. The predicted molar refractivity (Wildman–Crippen MR) is 109 cm³/mol. The lowest BCUT2D eigenvalue weighted by Gasteiger charge is -2.05. The van der Waals surface area contributed by atoms with Gasteiger partial charge in [-0.2, -0.15) is 0 Å². The summed E-state index contributed by atoms with van der Waals surface area (Å²) in [6, 6.07) is 16.4. The molecule has 0 saturated heterocycles. The number of carbonyl (C=O) groups is 1. The second kappa shape index (κ2) is 10.6. The standard InChI is InChI=1S/C18H16.C5H8O2/c1-3-16-11-8-12-17(18(16)4-2)14-13-15-9-6-5-7-10-15;1-4(2)5(6)7-3/h3-14H,1-2H2;1H2,2-3H3. The highest BCUT2D eigenvalue weighted by atomic mass is 16.5. The molecule has 0 unspecified atom stereocenters. The summed E-state index contributed by atoms with van der Waals surface area (Å²) >= 11 is 0. The second-order valence-electron chi connectivity index (χ2n) is 5.27. The molecular formula is C23H24O2. The van der Waals surface area contributed by atoms with Gasteiger partial charge < -0.3 is 4.74 Å². The second-order valence-corrected chi connectivity index (χ2v) is 5.27. The molecule has 0 aliphatic rings. The van der Waals surface area contributed by atoms with Crippen molar-refractivity contribution in [3.05, 3.63) is 96.1 Å². The molecule has 0 amide bonds. The van der Waals surface area contributed by atoms with Crippen LogP contribution in [-0.2, 0) is 9.53 Å². The number of esters is 1. The Hall–Kier alpha value is -3.13. The maximum absolute atomic E-state index is 10.2. The molecule has 128 valence electrons. The van der Waals surface area contributed by atoms with Crippen LogP contribution in [0.1, 0.15) is 29.2 Å². The van der Waals surface area contributed by atoms with Gasteiger partial charge in [0.2, 0.25) is 0 Å². The van der Waals surface area contributed by atoms with Gasteiger partial charge in [-0.15, -0.1) is 0 Å². The molecule has 0 aliphatic carbocycles. The minimum absolute atomic E-state index is 0.347. The van der Waals surface area contributed by atoms with Crippen molar-refractivity contribution in [3.63, 3.8) is 0 Å². The molecular weight excluding hydrogens is 308 g/mol. The SMILES string of the molecule is C=C(C)C(=O)OC.C=Cc1cccc(C=Cc2ccccc2)c1C=C. The molecule has 0 radical (unpaired) electrons. The Labute approximate surface area is 150 Å². The van der Waals surface area contributed by atoms with Crippen LogP contribution >= 0.6 is 0 Å². The molecule has 0 aromatic heterocycles. The van der Waals surface area contributed by atoms with Gasteiger partial charge in [0, 0.05) is 5.57 Å². The van der Waals surface area contributed by atoms with Crippen molar-refractivity contribution in [2.45, 2.75) is 6.92 Å². The summed E-state index contributed by atoms with van der Waals surface area (Å²) in [7, 11) is 1.33. The third-order valence-corrected chi connectivity index (χ3v) is 3.39. The molecule has 2 rings (SSSR count). The average Bonchev–Trinajstić information content (AvgIpc) is 2.66. The van der Waals surface area contributed by atoms with E-state index in [2.05, 4.69) is 54.8 Å². The van der Waals surface area contributed by atoms with Crippen molar-refractivity contribution in [2.75, 3.05) is 7.11 Å². The molecule has 2 aromatic rings. The van der Waals surface area contributed by atoms with E-state index in [1.165, 1.54) is 12.7 Å². The molecule has 0 aliphatic heterocycles. The Balaban J connectivity index is 0.000000381. The summed E-state index contributed by atoms with van der Waals surface area (Å²) in [6.45, 7) is 12.7. The van der Waals surface area contributed by atoms with Gasteiger partial charge in [-0.3, -0.25) is 0 Å². The van der Waals surface area contributed by atoms with Crippen molar-refractivity contribution in [3.8, 4) is 0 Å². The molecule has 0 atom stereocenters. The van der Waals surface area contributed by atoms with Gasteiger partial charge in [-0.05, 0) is 29.2 Å². The fourth-order valence-corrected chi connectivity index (χ4v) is 2.09. The number of benzene rings is 2. The molecule has 2 aromatic carbocycles. The van der Waals surface area contributed by atoms with Crippen molar-refractivity contribution in [2.24, 2.45) is 0 Å². The van der Waals surface area contributed by atoms with Gasteiger partial charge in [0.25, 0.3) is 0 Å². The highest BCUT2D eigenvalue weighted by Gasteiger charge is 1.99. The molecule has 2 heteroatoms. The van der Waals surface area contributed by atoms with Crippen molar-refractivity contribution in [1.82, 2.24) is 0 Å². The molecule has 0 N–H and O–H groups in total. The zero-order chi connectivity index (χ0) is 18.7.